The van der Waals surface area contributed by atoms with Crippen molar-refractivity contribution < 1.29 is 13.3 Å². The predicted molar refractivity (Wildman–Crippen MR) is 74.2 cm³/mol. The normalized spacial score (nSPS) is 18.7. The molecule has 0 aliphatic rings. The van der Waals surface area contributed by atoms with E-state index in [2.05, 4.69) is 34.6 Å². The highest BCUT2D eigenvalue weighted by molar-refractivity contribution is 6.60. The van der Waals surface area contributed by atoms with Gasteiger partial charge in [-0.2, -0.15) is 0 Å². The number of unbranched alkanes of at least 4 members (excludes halogenated alkanes) is 1. The SMILES string of the molecule is CCCC[Si](OC)(OC(C)CC)OC(C)CC. The summed E-state index contributed by atoms with van der Waals surface area (Å²) >= 11 is 0. The van der Waals surface area contributed by atoms with E-state index in [-0.39, 0.29) is 12.2 Å². The van der Waals surface area contributed by atoms with Gasteiger partial charge in [-0.25, -0.2) is 0 Å². The first kappa shape index (κ1) is 17.1. The molecule has 0 fully saturated rings. The quantitative estimate of drug-likeness (QED) is 0.557. The van der Waals surface area contributed by atoms with Crippen molar-refractivity contribution >= 4 is 8.80 Å². The van der Waals surface area contributed by atoms with Gasteiger partial charge in [0.05, 0.1) is 0 Å². The van der Waals surface area contributed by atoms with Crippen molar-refractivity contribution in [1.29, 1.82) is 0 Å². The van der Waals surface area contributed by atoms with Crippen LogP contribution in [0.3, 0.4) is 0 Å². The molecule has 2 unspecified atom stereocenters. The minimum Gasteiger partial charge on any atom is -0.377 e. The molecule has 0 saturated carbocycles. The predicted octanol–water partition coefficient (Wildman–Crippen LogP) is 4.00. The van der Waals surface area contributed by atoms with Gasteiger partial charge in [0.1, 0.15) is 0 Å². The van der Waals surface area contributed by atoms with Gasteiger partial charge >= 0.3 is 8.80 Å². The highest BCUT2D eigenvalue weighted by atomic mass is 28.4. The molecule has 17 heavy (non-hydrogen) atoms. The fraction of sp³-hybridized carbons (Fsp3) is 1.00. The maximum atomic E-state index is 6.11. The Labute approximate surface area is 108 Å². The van der Waals surface area contributed by atoms with Crippen LogP contribution in [0.1, 0.15) is 60.3 Å². The third-order valence-electron chi connectivity index (χ3n) is 3.06. The molecule has 0 rings (SSSR count). The lowest BCUT2D eigenvalue weighted by atomic mass is 10.3. The molecule has 0 saturated heterocycles. The molecule has 2 atom stereocenters. The molecule has 0 aromatic heterocycles. The largest absolute Gasteiger partial charge is 0.501 e. The molecule has 0 bridgehead atoms. The zero-order valence-corrected chi connectivity index (χ0v) is 13.4. The molecule has 0 N–H and O–H groups in total. The topological polar surface area (TPSA) is 27.7 Å². The summed E-state index contributed by atoms with van der Waals surface area (Å²) in [5, 5.41) is 0. The fourth-order valence-electron chi connectivity index (χ4n) is 1.52. The van der Waals surface area contributed by atoms with Gasteiger partial charge in [0.2, 0.25) is 0 Å². The number of hydrogen-bond donors (Lipinski definition) is 0. The highest BCUT2D eigenvalue weighted by Crippen LogP contribution is 2.23. The molecule has 0 aliphatic carbocycles. The molecular weight excluding hydrogens is 232 g/mol. The second-order valence-corrected chi connectivity index (χ2v) is 7.41. The second kappa shape index (κ2) is 9.08. The van der Waals surface area contributed by atoms with Gasteiger partial charge in [-0.15, -0.1) is 0 Å². The van der Waals surface area contributed by atoms with Gasteiger partial charge < -0.3 is 13.3 Å². The molecule has 0 aromatic carbocycles. The van der Waals surface area contributed by atoms with E-state index < -0.39 is 8.80 Å². The maximum absolute atomic E-state index is 6.11. The molecular formula is C13H30O3Si. The summed E-state index contributed by atoms with van der Waals surface area (Å²) in [6, 6.07) is 0.925. The molecule has 0 spiro atoms. The van der Waals surface area contributed by atoms with Crippen LogP contribution in [0.15, 0.2) is 0 Å². The van der Waals surface area contributed by atoms with Crippen molar-refractivity contribution in [3.05, 3.63) is 0 Å². The van der Waals surface area contributed by atoms with Crippen molar-refractivity contribution in [2.24, 2.45) is 0 Å². The summed E-state index contributed by atoms with van der Waals surface area (Å²) in [5.41, 5.74) is 0. The average molecular weight is 262 g/mol. The number of hydrogen-bond acceptors (Lipinski definition) is 3. The second-order valence-electron chi connectivity index (χ2n) is 4.66. The van der Waals surface area contributed by atoms with Crippen LogP contribution in [0.4, 0.5) is 0 Å². The Bertz CT molecular complexity index is 176. The molecule has 0 aliphatic heterocycles. The first-order valence-electron chi connectivity index (χ1n) is 6.94. The van der Waals surface area contributed by atoms with Crippen molar-refractivity contribution in [3.63, 3.8) is 0 Å². The monoisotopic (exact) mass is 262 g/mol. The summed E-state index contributed by atoms with van der Waals surface area (Å²) in [5.74, 6) is 0. The molecule has 0 aromatic rings. The van der Waals surface area contributed by atoms with Crippen molar-refractivity contribution in [2.45, 2.75) is 78.6 Å². The zero-order chi connectivity index (χ0) is 13.3. The van der Waals surface area contributed by atoms with Gasteiger partial charge in [-0.1, -0.05) is 27.2 Å². The Morgan fingerprint density at radius 2 is 1.41 bits per heavy atom. The Balaban J connectivity index is 4.60. The Morgan fingerprint density at radius 3 is 1.71 bits per heavy atom. The van der Waals surface area contributed by atoms with Crippen LogP contribution in [0, 0.1) is 0 Å². The van der Waals surface area contributed by atoms with E-state index >= 15 is 0 Å². The highest BCUT2D eigenvalue weighted by Gasteiger charge is 2.42. The smallest absolute Gasteiger partial charge is 0.377 e. The molecule has 104 valence electrons. The van der Waals surface area contributed by atoms with Gasteiger partial charge in [-0.3, -0.25) is 0 Å². The van der Waals surface area contributed by atoms with Crippen LogP contribution in [0.2, 0.25) is 6.04 Å². The van der Waals surface area contributed by atoms with E-state index in [1.54, 1.807) is 7.11 Å². The van der Waals surface area contributed by atoms with Crippen LogP contribution in [0.25, 0.3) is 0 Å². The van der Waals surface area contributed by atoms with Crippen molar-refractivity contribution in [1.82, 2.24) is 0 Å². The van der Waals surface area contributed by atoms with Gasteiger partial charge in [0.15, 0.2) is 0 Å². The minimum absolute atomic E-state index is 0.211. The lowest BCUT2D eigenvalue weighted by Crippen LogP contribution is -2.49. The van der Waals surface area contributed by atoms with E-state index in [1.165, 1.54) is 0 Å². The Hall–Kier alpha value is 0.0969. The van der Waals surface area contributed by atoms with E-state index in [4.69, 9.17) is 13.3 Å². The van der Waals surface area contributed by atoms with Gasteiger partial charge in [0.25, 0.3) is 0 Å². The summed E-state index contributed by atoms with van der Waals surface area (Å²) in [4.78, 5) is 0. The molecule has 3 nitrogen and oxygen atoms in total. The van der Waals surface area contributed by atoms with E-state index in [9.17, 15) is 0 Å². The molecule has 4 heteroatoms. The lowest BCUT2D eigenvalue weighted by molar-refractivity contribution is 0.0203. The third-order valence-corrected chi connectivity index (χ3v) is 6.17. The van der Waals surface area contributed by atoms with Crippen LogP contribution < -0.4 is 0 Å². The Kier molecular flexibility index (Phi) is 9.14. The average Bonchev–Trinajstić information content (AvgIpc) is 2.35. The zero-order valence-electron chi connectivity index (χ0n) is 12.4. The van der Waals surface area contributed by atoms with Crippen LogP contribution in [0.5, 0.6) is 0 Å². The molecule has 0 radical (unpaired) electrons. The minimum atomic E-state index is -2.46. The third kappa shape index (κ3) is 6.55. The van der Waals surface area contributed by atoms with Crippen LogP contribution in [-0.4, -0.2) is 28.1 Å². The van der Waals surface area contributed by atoms with Crippen LogP contribution >= 0.6 is 0 Å². The van der Waals surface area contributed by atoms with Crippen molar-refractivity contribution in [3.8, 4) is 0 Å². The van der Waals surface area contributed by atoms with E-state index in [0.29, 0.717) is 0 Å². The fourth-order valence-corrected chi connectivity index (χ4v) is 4.55. The standard InChI is InChI=1S/C13H30O3Si/c1-7-10-11-17(14-6,15-12(4)8-2)16-13(5)9-3/h12-13H,7-11H2,1-6H3. The number of rotatable bonds is 10. The molecule has 0 amide bonds. The maximum Gasteiger partial charge on any atom is 0.501 e. The summed E-state index contributed by atoms with van der Waals surface area (Å²) in [7, 11) is -0.730. The summed E-state index contributed by atoms with van der Waals surface area (Å²) in [6.45, 7) is 10.6. The lowest BCUT2D eigenvalue weighted by Gasteiger charge is -2.33. The van der Waals surface area contributed by atoms with Gasteiger partial charge in [0, 0.05) is 25.4 Å². The Morgan fingerprint density at radius 1 is 0.941 bits per heavy atom. The van der Waals surface area contributed by atoms with E-state index in [0.717, 1.165) is 31.7 Å². The van der Waals surface area contributed by atoms with Gasteiger partial charge in [-0.05, 0) is 33.1 Å². The molecule has 0 heterocycles. The summed E-state index contributed by atoms with van der Waals surface area (Å²) < 4.78 is 17.9. The van der Waals surface area contributed by atoms with Crippen LogP contribution in [-0.2, 0) is 13.3 Å². The van der Waals surface area contributed by atoms with Crippen molar-refractivity contribution in [2.75, 3.05) is 7.11 Å². The van der Waals surface area contributed by atoms with E-state index in [1.807, 2.05) is 0 Å². The first-order chi connectivity index (χ1) is 8.03. The first-order valence-corrected chi connectivity index (χ1v) is 8.87. The summed E-state index contributed by atoms with van der Waals surface area (Å²) in [6.07, 6.45) is 4.66.